The lowest BCUT2D eigenvalue weighted by molar-refractivity contribution is -0.111. The maximum absolute atomic E-state index is 11.5. The van der Waals surface area contributed by atoms with Gasteiger partial charge in [0.05, 0.1) is 6.21 Å². The number of hydrogen-bond donors (Lipinski definition) is 2. The lowest BCUT2D eigenvalue weighted by atomic mass is 10.2. The molecule has 0 spiro atoms. The summed E-state index contributed by atoms with van der Waals surface area (Å²) in [6.45, 7) is 0. The smallest absolute Gasteiger partial charge is 0.293 e. The van der Waals surface area contributed by atoms with Gasteiger partial charge in [-0.1, -0.05) is 18.2 Å². The average Bonchev–Trinajstić information content (AvgIpc) is 2.69. The summed E-state index contributed by atoms with van der Waals surface area (Å²) < 4.78 is 0. The predicted molar refractivity (Wildman–Crippen MR) is 60.3 cm³/mol. The summed E-state index contributed by atoms with van der Waals surface area (Å²) in [7, 11) is 0. The second kappa shape index (κ2) is 3.98. The third-order valence-electron chi connectivity index (χ3n) is 2.07. The molecule has 0 radical (unpaired) electrons. The van der Waals surface area contributed by atoms with Crippen molar-refractivity contribution in [3.05, 3.63) is 36.0 Å². The normalized spacial score (nSPS) is 11.0. The van der Waals surface area contributed by atoms with Crippen LogP contribution in [0.1, 0.15) is 10.5 Å². The number of nitrogens with zero attached hydrogens (tertiary/aromatic N) is 1. The van der Waals surface area contributed by atoms with Crippen LogP contribution in [0.5, 0.6) is 0 Å². The zero-order valence-corrected chi connectivity index (χ0v) is 8.31. The van der Waals surface area contributed by atoms with E-state index in [1.54, 1.807) is 6.07 Å². The maximum atomic E-state index is 11.5. The number of fused-ring (bicyclic) bond motifs is 1. The molecule has 1 heterocycles. The van der Waals surface area contributed by atoms with E-state index in [0.29, 0.717) is 5.69 Å². The van der Waals surface area contributed by atoms with Crippen molar-refractivity contribution in [3.63, 3.8) is 0 Å². The molecule has 0 saturated carbocycles. The number of H-pyrrole nitrogens is 1. The highest BCUT2D eigenvalue weighted by molar-refractivity contribution is 6.28. The summed E-state index contributed by atoms with van der Waals surface area (Å²) in [5.74, 6) is -1.26. The van der Waals surface area contributed by atoms with Gasteiger partial charge in [-0.2, -0.15) is 0 Å². The third-order valence-corrected chi connectivity index (χ3v) is 2.07. The van der Waals surface area contributed by atoms with Crippen molar-refractivity contribution < 1.29 is 9.59 Å². The van der Waals surface area contributed by atoms with Crippen molar-refractivity contribution in [1.82, 2.24) is 4.98 Å². The Morgan fingerprint density at radius 3 is 2.75 bits per heavy atom. The summed E-state index contributed by atoms with van der Waals surface area (Å²) in [6.07, 6.45) is 0.799. The van der Waals surface area contributed by atoms with Gasteiger partial charge in [0, 0.05) is 10.9 Å². The molecule has 0 saturated heterocycles. The highest BCUT2D eigenvalue weighted by Crippen LogP contribution is 2.14. The Morgan fingerprint density at radius 1 is 1.31 bits per heavy atom. The number of aromatic nitrogens is 1. The highest BCUT2D eigenvalue weighted by Gasteiger charge is 2.07. The Morgan fingerprint density at radius 2 is 2.06 bits per heavy atom. The molecule has 0 aliphatic carbocycles. The first-order valence-corrected chi connectivity index (χ1v) is 4.62. The van der Waals surface area contributed by atoms with Crippen molar-refractivity contribution in [2.24, 2.45) is 10.7 Å². The standard InChI is InChI=1S/C11H9N3O2/c12-10(15)6-13-11(16)9-5-7-3-1-2-4-8(7)14-9/h1-6,14H,(H2,12,15). The number of rotatable bonds is 2. The molecule has 0 aliphatic heterocycles. The fourth-order valence-corrected chi connectivity index (χ4v) is 1.38. The lowest BCUT2D eigenvalue weighted by Crippen LogP contribution is -2.12. The van der Waals surface area contributed by atoms with E-state index in [2.05, 4.69) is 9.98 Å². The molecule has 16 heavy (non-hydrogen) atoms. The molecule has 5 nitrogen and oxygen atoms in total. The van der Waals surface area contributed by atoms with Crippen molar-refractivity contribution in [2.45, 2.75) is 0 Å². The van der Waals surface area contributed by atoms with Crippen LogP contribution in [0.25, 0.3) is 10.9 Å². The monoisotopic (exact) mass is 215 g/mol. The molecular formula is C11H9N3O2. The van der Waals surface area contributed by atoms with E-state index in [0.717, 1.165) is 17.1 Å². The first-order valence-electron chi connectivity index (χ1n) is 4.62. The van der Waals surface area contributed by atoms with Gasteiger partial charge < -0.3 is 10.7 Å². The summed E-state index contributed by atoms with van der Waals surface area (Å²) in [6, 6.07) is 9.14. The second-order valence-corrected chi connectivity index (χ2v) is 3.24. The number of hydrogen-bond acceptors (Lipinski definition) is 2. The molecule has 0 bridgehead atoms. The minimum Gasteiger partial charge on any atom is -0.365 e. The fraction of sp³-hybridized carbons (Fsp3) is 0. The van der Waals surface area contributed by atoms with E-state index in [-0.39, 0.29) is 0 Å². The van der Waals surface area contributed by atoms with Crippen LogP contribution in [0.15, 0.2) is 35.3 Å². The molecule has 5 heteroatoms. The Bertz CT molecular complexity index is 551. The van der Waals surface area contributed by atoms with E-state index >= 15 is 0 Å². The summed E-state index contributed by atoms with van der Waals surface area (Å²) >= 11 is 0. The minimum atomic E-state index is -0.746. The van der Waals surface area contributed by atoms with Crippen molar-refractivity contribution in [3.8, 4) is 0 Å². The Balaban J connectivity index is 2.33. The molecule has 80 valence electrons. The molecule has 3 N–H and O–H groups in total. The van der Waals surface area contributed by atoms with Crippen LogP contribution in [0, 0.1) is 0 Å². The lowest BCUT2D eigenvalue weighted by Gasteiger charge is -1.87. The third kappa shape index (κ3) is 1.98. The topological polar surface area (TPSA) is 88.3 Å². The van der Waals surface area contributed by atoms with Gasteiger partial charge in [0.15, 0.2) is 0 Å². The van der Waals surface area contributed by atoms with Gasteiger partial charge in [0.25, 0.3) is 11.8 Å². The number of benzene rings is 1. The van der Waals surface area contributed by atoms with E-state index < -0.39 is 11.8 Å². The molecule has 1 aromatic carbocycles. The summed E-state index contributed by atoms with van der Waals surface area (Å²) in [5, 5.41) is 0.917. The van der Waals surface area contributed by atoms with Crippen molar-refractivity contribution in [2.75, 3.05) is 0 Å². The van der Waals surface area contributed by atoms with E-state index in [4.69, 9.17) is 5.73 Å². The van der Waals surface area contributed by atoms with Gasteiger partial charge >= 0.3 is 0 Å². The second-order valence-electron chi connectivity index (χ2n) is 3.24. The van der Waals surface area contributed by atoms with Crippen molar-refractivity contribution in [1.29, 1.82) is 0 Å². The molecule has 2 aromatic rings. The van der Waals surface area contributed by atoms with Gasteiger partial charge in [-0.15, -0.1) is 0 Å². The predicted octanol–water partition coefficient (Wildman–Crippen LogP) is 0.864. The van der Waals surface area contributed by atoms with E-state index in [1.807, 2.05) is 24.3 Å². The van der Waals surface area contributed by atoms with Crippen molar-refractivity contribution >= 4 is 28.9 Å². The number of aliphatic imine (C=N–C) groups is 1. The first kappa shape index (κ1) is 10.1. The molecule has 2 rings (SSSR count). The Labute approximate surface area is 91.0 Å². The first-order chi connectivity index (χ1) is 7.66. The number of para-hydroxylation sites is 1. The van der Waals surface area contributed by atoms with E-state index in [1.165, 1.54) is 0 Å². The van der Waals surface area contributed by atoms with Gasteiger partial charge in [0.1, 0.15) is 5.69 Å². The van der Waals surface area contributed by atoms with Crippen LogP contribution in [0.4, 0.5) is 0 Å². The molecule has 0 fully saturated rings. The molecule has 0 atom stereocenters. The highest BCUT2D eigenvalue weighted by atomic mass is 16.2. The van der Waals surface area contributed by atoms with Crippen LogP contribution in [-0.2, 0) is 4.79 Å². The number of aromatic amines is 1. The van der Waals surface area contributed by atoms with Crippen LogP contribution in [-0.4, -0.2) is 23.0 Å². The molecule has 2 amide bonds. The number of amides is 2. The number of nitrogens with two attached hydrogens (primary N) is 1. The molecule has 0 unspecified atom stereocenters. The molecule has 1 aromatic heterocycles. The zero-order valence-electron chi connectivity index (χ0n) is 8.31. The van der Waals surface area contributed by atoms with Gasteiger partial charge in [-0.25, -0.2) is 4.99 Å². The van der Waals surface area contributed by atoms with Gasteiger partial charge in [0.2, 0.25) is 0 Å². The zero-order chi connectivity index (χ0) is 11.5. The largest absolute Gasteiger partial charge is 0.365 e. The molecular weight excluding hydrogens is 206 g/mol. The number of carbonyl (C=O) groups is 2. The number of carbonyl (C=O) groups excluding carboxylic acids is 2. The minimum absolute atomic E-state index is 0.332. The maximum Gasteiger partial charge on any atom is 0.293 e. The average molecular weight is 215 g/mol. The molecule has 0 aliphatic rings. The van der Waals surface area contributed by atoms with E-state index in [9.17, 15) is 9.59 Å². The van der Waals surface area contributed by atoms with Crippen LogP contribution < -0.4 is 5.73 Å². The fourth-order valence-electron chi connectivity index (χ4n) is 1.38. The Kier molecular flexibility index (Phi) is 2.51. The Hall–Kier alpha value is -2.43. The van der Waals surface area contributed by atoms with Crippen LogP contribution in [0.3, 0.4) is 0 Å². The quantitative estimate of drug-likeness (QED) is 0.728. The van der Waals surface area contributed by atoms with Crippen LogP contribution >= 0.6 is 0 Å². The SMILES string of the molecule is NC(=O)C=NC(=O)c1cc2ccccc2[nH]1. The summed E-state index contributed by atoms with van der Waals surface area (Å²) in [4.78, 5) is 28.2. The number of primary amides is 1. The summed E-state index contributed by atoms with van der Waals surface area (Å²) in [5.41, 5.74) is 6.02. The number of nitrogens with one attached hydrogen (secondary N) is 1. The van der Waals surface area contributed by atoms with Gasteiger partial charge in [-0.3, -0.25) is 9.59 Å². The van der Waals surface area contributed by atoms with Gasteiger partial charge in [-0.05, 0) is 12.1 Å². The van der Waals surface area contributed by atoms with Crippen LogP contribution in [0.2, 0.25) is 0 Å².